The van der Waals surface area contributed by atoms with Crippen LogP contribution in [0.5, 0.6) is 0 Å². The highest BCUT2D eigenvalue weighted by Crippen LogP contribution is 2.52. The van der Waals surface area contributed by atoms with E-state index in [2.05, 4.69) is 11.0 Å². The average Bonchev–Trinajstić information content (AvgIpc) is 2.86. The third kappa shape index (κ3) is 1.58. The zero-order chi connectivity index (χ0) is 13.7. The SMILES string of the molecule is COC1CCC2=CCN3CCC4COC(=O)C=C4C23C1. The van der Waals surface area contributed by atoms with E-state index in [0.29, 0.717) is 18.6 Å². The predicted octanol–water partition coefficient (Wildman–Crippen LogP) is 1.67. The Kier molecular flexibility index (Phi) is 2.79. The molecule has 4 heteroatoms. The van der Waals surface area contributed by atoms with E-state index in [1.54, 1.807) is 13.2 Å². The monoisotopic (exact) mass is 275 g/mol. The van der Waals surface area contributed by atoms with Gasteiger partial charge in [0.2, 0.25) is 0 Å². The van der Waals surface area contributed by atoms with Gasteiger partial charge < -0.3 is 9.47 Å². The molecule has 4 aliphatic rings. The van der Waals surface area contributed by atoms with Crippen molar-refractivity contribution in [3.63, 3.8) is 0 Å². The van der Waals surface area contributed by atoms with Gasteiger partial charge in [-0.15, -0.1) is 0 Å². The van der Waals surface area contributed by atoms with Crippen molar-refractivity contribution >= 4 is 5.97 Å². The third-order valence-electron chi connectivity index (χ3n) is 5.59. The molecule has 1 saturated carbocycles. The molecule has 4 rings (SSSR count). The Hall–Kier alpha value is -1.13. The Morgan fingerprint density at radius 1 is 1.45 bits per heavy atom. The van der Waals surface area contributed by atoms with Crippen LogP contribution >= 0.6 is 0 Å². The Morgan fingerprint density at radius 2 is 2.35 bits per heavy atom. The lowest BCUT2D eigenvalue weighted by atomic mass is 9.65. The van der Waals surface area contributed by atoms with Crippen LogP contribution in [0.4, 0.5) is 0 Å². The molecule has 1 saturated heterocycles. The lowest BCUT2D eigenvalue weighted by Gasteiger charge is -2.53. The van der Waals surface area contributed by atoms with Crippen LogP contribution in [-0.4, -0.2) is 49.3 Å². The maximum Gasteiger partial charge on any atom is 0.330 e. The van der Waals surface area contributed by atoms with Crippen molar-refractivity contribution in [2.45, 2.75) is 37.3 Å². The van der Waals surface area contributed by atoms with Crippen molar-refractivity contribution in [3.8, 4) is 0 Å². The fourth-order valence-electron chi connectivity index (χ4n) is 4.60. The van der Waals surface area contributed by atoms with Crippen LogP contribution in [0.25, 0.3) is 0 Å². The van der Waals surface area contributed by atoms with E-state index < -0.39 is 0 Å². The average molecular weight is 275 g/mol. The normalized spacial score (nSPS) is 40.1. The number of ether oxygens (including phenoxy) is 2. The number of carbonyl (C=O) groups excluding carboxylic acids is 1. The van der Waals surface area contributed by atoms with Gasteiger partial charge in [-0.2, -0.15) is 0 Å². The van der Waals surface area contributed by atoms with E-state index in [4.69, 9.17) is 9.47 Å². The minimum absolute atomic E-state index is 0.0404. The van der Waals surface area contributed by atoms with Crippen molar-refractivity contribution in [1.29, 1.82) is 0 Å². The molecule has 0 radical (unpaired) electrons. The fourth-order valence-corrected chi connectivity index (χ4v) is 4.60. The minimum atomic E-state index is -0.168. The Morgan fingerprint density at radius 3 is 3.20 bits per heavy atom. The number of cyclic esters (lactones) is 1. The van der Waals surface area contributed by atoms with Gasteiger partial charge in [-0.25, -0.2) is 4.79 Å². The van der Waals surface area contributed by atoms with Crippen LogP contribution in [0.15, 0.2) is 23.3 Å². The summed E-state index contributed by atoms with van der Waals surface area (Å²) in [6, 6.07) is 0. The molecule has 0 amide bonds. The summed E-state index contributed by atoms with van der Waals surface area (Å²) in [4.78, 5) is 14.3. The van der Waals surface area contributed by atoms with Gasteiger partial charge >= 0.3 is 5.97 Å². The first kappa shape index (κ1) is 12.6. The van der Waals surface area contributed by atoms with E-state index >= 15 is 0 Å². The Labute approximate surface area is 119 Å². The molecule has 3 unspecified atom stereocenters. The molecule has 3 atom stereocenters. The first-order chi connectivity index (χ1) is 9.74. The molecule has 20 heavy (non-hydrogen) atoms. The topological polar surface area (TPSA) is 38.8 Å². The maximum atomic E-state index is 11.8. The molecule has 0 aromatic carbocycles. The molecule has 0 aromatic rings. The number of methoxy groups -OCH3 is 1. The zero-order valence-corrected chi connectivity index (χ0v) is 11.9. The number of hydrogen-bond acceptors (Lipinski definition) is 4. The second-order valence-electron chi connectivity index (χ2n) is 6.35. The van der Waals surface area contributed by atoms with E-state index in [1.165, 1.54) is 11.1 Å². The highest BCUT2D eigenvalue weighted by molar-refractivity contribution is 5.85. The molecule has 1 spiro atoms. The summed E-state index contributed by atoms with van der Waals surface area (Å²) in [7, 11) is 1.80. The van der Waals surface area contributed by atoms with Crippen LogP contribution in [0.3, 0.4) is 0 Å². The molecular weight excluding hydrogens is 254 g/mol. The zero-order valence-electron chi connectivity index (χ0n) is 11.9. The highest BCUT2D eigenvalue weighted by Gasteiger charge is 2.54. The van der Waals surface area contributed by atoms with E-state index in [1.807, 2.05) is 0 Å². The molecule has 0 bridgehead atoms. The van der Waals surface area contributed by atoms with Gasteiger partial charge in [-0.1, -0.05) is 6.08 Å². The molecule has 1 aliphatic carbocycles. The predicted molar refractivity (Wildman–Crippen MR) is 74.2 cm³/mol. The van der Waals surface area contributed by atoms with E-state index in [9.17, 15) is 4.79 Å². The van der Waals surface area contributed by atoms with Crippen LogP contribution in [-0.2, 0) is 14.3 Å². The number of piperidine rings is 1. The smallest absolute Gasteiger partial charge is 0.330 e. The first-order valence-corrected chi connectivity index (χ1v) is 7.60. The molecule has 3 heterocycles. The van der Waals surface area contributed by atoms with Crippen LogP contribution in [0.2, 0.25) is 0 Å². The van der Waals surface area contributed by atoms with Crippen LogP contribution in [0.1, 0.15) is 25.7 Å². The summed E-state index contributed by atoms with van der Waals surface area (Å²) in [5, 5.41) is 0. The number of fused-ring (bicyclic) bond motifs is 1. The van der Waals surface area contributed by atoms with Gasteiger partial charge in [0.05, 0.1) is 18.2 Å². The van der Waals surface area contributed by atoms with Gasteiger partial charge in [0.1, 0.15) is 0 Å². The van der Waals surface area contributed by atoms with Gasteiger partial charge in [-0.05, 0) is 36.8 Å². The third-order valence-corrected chi connectivity index (χ3v) is 5.59. The lowest BCUT2D eigenvalue weighted by Crippen LogP contribution is -2.58. The van der Waals surface area contributed by atoms with E-state index in [-0.39, 0.29) is 11.5 Å². The summed E-state index contributed by atoms with van der Waals surface area (Å²) in [6.07, 6.45) is 8.73. The molecule has 2 fully saturated rings. The quantitative estimate of drug-likeness (QED) is 0.539. The first-order valence-electron chi connectivity index (χ1n) is 7.60. The van der Waals surface area contributed by atoms with Crippen molar-refractivity contribution in [3.05, 3.63) is 23.3 Å². The van der Waals surface area contributed by atoms with Crippen molar-refractivity contribution in [2.24, 2.45) is 5.92 Å². The summed E-state index contributed by atoms with van der Waals surface area (Å²) < 4.78 is 10.9. The standard InChI is InChI=1S/C16H21NO3/c1-19-13-3-2-12-5-7-17-6-4-11-10-20-15(18)8-14(11)16(12,17)9-13/h5,8,11,13H,2-4,6-7,9-10H2,1H3. The minimum Gasteiger partial charge on any atom is -0.462 e. The molecular formula is C16H21NO3. The largest absolute Gasteiger partial charge is 0.462 e. The highest BCUT2D eigenvalue weighted by atomic mass is 16.5. The summed E-state index contributed by atoms with van der Waals surface area (Å²) in [5.74, 6) is 0.235. The van der Waals surface area contributed by atoms with E-state index in [0.717, 1.165) is 38.8 Å². The van der Waals surface area contributed by atoms with Gasteiger partial charge in [-0.3, -0.25) is 4.90 Å². The van der Waals surface area contributed by atoms with Crippen molar-refractivity contribution in [1.82, 2.24) is 4.90 Å². The number of rotatable bonds is 1. The second kappa shape index (κ2) is 4.43. The van der Waals surface area contributed by atoms with Crippen molar-refractivity contribution in [2.75, 3.05) is 26.8 Å². The summed E-state index contributed by atoms with van der Waals surface area (Å²) in [5.41, 5.74) is 2.77. The molecule has 0 N–H and O–H groups in total. The van der Waals surface area contributed by atoms with Crippen LogP contribution < -0.4 is 0 Å². The van der Waals surface area contributed by atoms with Crippen LogP contribution in [0, 0.1) is 5.92 Å². The lowest BCUT2D eigenvalue weighted by molar-refractivity contribution is -0.141. The fraction of sp³-hybridized carbons (Fsp3) is 0.688. The summed E-state index contributed by atoms with van der Waals surface area (Å²) in [6.45, 7) is 2.67. The van der Waals surface area contributed by atoms with Gasteiger partial charge in [0.25, 0.3) is 0 Å². The number of hydrogen-bond donors (Lipinski definition) is 0. The van der Waals surface area contributed by atoms with Crippen molar-refractivity contribution < 1.29 is 14.3 Å². The van der Waals surface area contributed by atoms with Gasteiger partial charge in [0, 0.05) is 32.2 Å². The molecule has 4 nitrogen and oxygen atoms in total. The second-order valence-corrected chi connectivity index (χ2v) is 6.35. The Bertz CT molecular complexity index is 510. The molecule has 0 aromatic heterocycles. The Balaban J connectivity index is 1.81. The summed E-state index contributed by atoms with van der Waals surface area (Å²) >= 11 is 0. The number of esters is 1. The number of nitrogens with zero attached hydrogens (tertiary/aromatic N) is 1. The molecule has 108 valence electrons. The number of carbonyl (C=O) groups is 1. The van der Waals surface area contributed by atoms with Gasteiger partial charge in [0.15, 0.2) is 0 Å². The maximum absolute atomic E-state index is 11.8. The molecule has 3 aliphatic heterocycles.